The third-order valence-electron chi connectivity index (χ3n) is 14.8. The van der Waals surface area contributed by atoms with E-state index in [2.05, 4.69) is 300 Å². The summed E-state index contributed by atoms with van der Waals surface area (Å²) in [5.41, 5.74) is 7.05. The molecule has 0 unspecified atom stereocenters. The van der Waals surface area contributed by atoms with Gasteiger partial charge in [-0.05, 0) is 84.0 Å². The molecule has 2 heterocycles. The number of benzene rings is 11. The van der Waals surface area contributed by atoms with Crippen LogP contribution in [-0.4, -0.2) is 25.3 Å². The summed E-state index contributed by atoms with van der Waals surface area (Å²) in [7, 11) is -5.76. The van der Waals surface area contributed by atoms with Crippen molar-refractivity contribution in [2.75, 3.05) is 0 Å². The van der Waals surface area contributed by atoms with Crippen LogP contribution in [0.15, 0.2) is 291 Å². The van der Waals surface area contributed by atoms with Crippen LogP contribution >= 0.6 is 0 Å². The minimum Gasteiger partial charge on any atom is -0.309 e. The summed E-state index contributed by atoms with van der Waals surface area (Å²) < 4.78 is 5.07. The fourth-order valence-electron chi connectivity index (χ4n) is 11.9. The molecule has 0 bridgehead atoms. The van der Waals surface area contributed by atoms with Gasteiger partial charge in [0.2, 0.25) is 0 Å². The van der Waals surface area contributed by atoms with Gasteiger partial charge in [-0.3, -0.25) is 0 Å². The Kier molecular flexibility index (Phi) is 10.2. The minimum absolute atomic E-state index is 1.14. The molecule has 0 saturated heterocycles. The molecule has 0 aliphatic carbocycles. The number of aromatic nitrogens is 2. The molecule has 0 aliphatic rings. The van der Waals surface area contributed by atoms with Crippen LogP contribution in [0, 0.1) is 0 Å². The number of nitrogens with zero attached hydrogens (tertiary/aromatic N) is 2. The Labute approximate surface area is 410 Å². The molecule has 13 rings (SSSR count). The highest BCUT2D eigenvalue weighted by molar-refractivity contribution is 7.20. The molecule has 0 spiro atoms. The minimum atomic E-state index is -2.91. The van der Waals surface area contributed by atoms with Gasteiger partial charge in [-0.25, -0.2) is 0 Å². The van der Waals surface area contributed by atoms with Gasteiger partial charge in [0.25, 0.3) is 0 Å². The molecule has 0 saturated carbocycles. The molecular formula is C66H48N2Si2. The zero-order valence-corrected chi connectivity index (χ0v) is 40.6. The molecule has 0 fully saturated rings. The van der Waals surface area contributed by atoms with E-state index in [1.807, 2.05) is 0 Å². The molecule has 13 aromatic rings. The van der Waals surface area contributed by atoms with Crippen LogP contribution in [0.25, 0.3) is 55.0 Å². The molecule has 330 valence electrons. The smallest absolute Gasteiger partial charge is 0.179 e. The van der Waals surface area contributed by atoms with Gasteiger partial charge in [0.05, 0.1) is 22.1 Å². The second kappa shape index (κ2) is 17.2. The molecule has 11 aromatic carbocycles. The fourth-order valence-corrected chi connectivity index (χ4v) is 21.5. The quantitative estimate of drug-likeness (QED) is 0.0956. The van der Waals surface area contributed by atoms with Crippen molar-refractivity contribution in [1.82, 2.24) is 9.13 Å². The first-order valence-corrected chi connectivity index (χ1v) is 28.3. The van der Waals surface area contributed by atoms with Gasteiger partial charge in [0.1, 0.15) is 0 Å². The summed E-state index contributed by atoms with van der Waals surface area (Å²) in [6, 6.07) is 109. The first-order chi connectivity index (χ1) is 34.8. The van der Waals surface area contributed by atoms with Crippen molar-refractivity contribution < 1.29 is 0 Å². The monoisotopic (exact) mass is 924 g/mol. The lowest BCUT2D eigenvalue weighted by atomic mass is 10.1. The average molecular weight is 925 g/mol. The number of hydrogen-bond donors (Lipinski definition) is 0. The number of fused-ring (bicyclic) bond motifs is 7. The molecule has 0 N–H and O–H groups in total. The summed E-state index contributed by atoms with van der Waals surface area (Å²) >= 11 is 0. The standard InChI is InChI=1S/C66H48N2Si2/c1-8-25-49(26-9-1)68-62-42-23-22-41-59(62)60-44-46-64-65(66(60)68)61-48-58(70(54-34-16-5-17-35-54,55-36-18-6-19-37-55)56-38-20-7-21-39-56)43-45-63(61)67(64)50-27-24-40-57(47-50)69(51-28-10-2-11-29-51,52-30-12-3-13-31-52)53-32-14-4-15-33-53/h1-48H. The highest BCUT2D eigenvalue weighted by atomic mass is 28.3. The number of hydrogen-bond acceptors (Lipinski definition) is 0. The Hall–Kier alpha value is -8.55. The molecule has 0 atom stereocenters. The van der Waals surface area contributed by atoms with Crippen LogP contribution in [0.1, 0.15) is 0 Å². The topological polar surface area (TPSA) is 9.86 Å². The summed E-state index contributed by atoms with van der Waals surface area (Å²) in [5, 5.41) is 15.8. The Bertz CT molecular complexity index is 3770. The van der Waals surface area contributed by atoms with Gasteiger partial charge in [-0.2, -0.15) is 0 Å². The molecule has 70 heavy (non-hydrogen) atoms. The summed E-state index contributed by atoms with van der Waals surface area (Å²) in [6.07, 6.45) is 0. The van der Waals surface area contributed by atoms with Gasteiger partial charge in [0, 0.05) is 32.9 Å². The third kappa shape index (κ3) is 6.38. The first-order valence-electron chi connectivity index (χ1n) is 24.3. The second-order valence-electron chi connectivity index (χ2n) is 18.4. The maximum Gasteiger partial charge on any atom is 0.179 e. The maximum absolute atomic E-state index is 2.91. The van der Waals surface area contributed by atoms with Gasteiger partial charge >= 0.3 is 0 Å². The van der Waals surface area contributed by atoms with Crippen molar-refractivity contribution in [3.63, 3.8) is 0 Å². The van der Waals surface area contributed by atoms with Crippen molar-refractivity contribution in [3.8, 4) is 11.4 Å². The zero-order valence-electron chi connectivity index (χ0n) is 38.6. The van der Waals surface area contributed by atoms with Crippen LogP contribution < -0.4 is 41.5 Å². The highest BCUT2D eigenvalue weighted by Gasteiger charge is 2.43. The molecular weight excluding hydrogens is 877 g/mol. The third-order valence-corrected chi connectivity index (χ3v) is 24.3. The SMILES string of the molecule is c1ccc(-n2c3ccccc3c3ccc4c(c5cc([Si](c6ccccc6)(c6ccccc6)c6ccccc6)ccc5n4-c4cccc([Si](c5ccccc5)(c5ccccc5)c5ccccc5)c4)c32)cc1. The summed E-state index contributed by atoms with van der Waals surface area (Å²) in [6.45, 7) is 0. The Balaban J connectivity index is 1.18. The van der Waals surface area contributed by atoms with E-state index in [4.69, 9.17) is 0 Å². The highest BCUT2D eigenvalue weighted by Crippen LogP contribution is 2.42. The van der Waals surface area contributed by atoms with E-state index in [1.54, 1.807) is 0 Å². The van der Waals surface area contributed by atoms with E-state index < -0.39 is 16.1 Å². The second-order valence-corrected chi connectivity index (χ2v) is 26.0. The largest absolute Gasteiger partial charge is 0.309 e. The normalized spacial score (nSPS) is 12.0. The lowest BCUT2D eigenvalue weighted by molar-refractivity contribution is 1.18. The molecule has 2 aromatic heterocycles. The zero-order chi connectivity index (χ0) is 46.5. The molecule has 2 nitrogen and oxygen atoms in total. The Morgan fingerprint density at radius 3 is 1.07 bits per heavy atom. The van der Waals surface area contributed by atoms with E-state index in [0.717, 1.165) is 11.4 Å². The van der Waals surface area contributed by atoms with Crippen LogP contribution in [-0.2, 0) is 0 Å². The first kappa shape index (κ1) is 41.6. The molecule has 4 heteroatoms. The average Bonchev–Trinajstić information content (AvgIpc) is 3.96. The van der Waals surface area contributed by atoms with Crippen molar-refractivity contribution in [1.29, 1.82) is 0 Å². The van der Waals surface area contributed by atoms with Crippen LogP contribution in [0.4, 0.5) is 0 Å². The van der Waals surface area contributed by atoms with Gasteiger partial charge in [-0.15, -0.1) is 0 Å². The summed E-state index contributed by atoms with van der Waals surface area (Å²) in [5.74, 6) is 0. The fraction of sp³-hybridized carbons (Fsp3) is 0. The number of rotatable bonds is 10. The predicted octanol–water partition coefficient (Wildman–Crippen LogP) is 10.6. The van der Waals surface area contributed by atoms with E-state index >= 15 is 0 Å². The summed E-state index contributed by atoms with van der Waals surface area (Å²) in [4.78, 5) is 0. The van der Waals surface area contributed by atoms with E-state index in [0.29, 0.717) is 0 Å². The van der Waals surface area contributed by atoms with Gasteiger partial charge in [-0.1, -0.05) is 249 Å². The van der Waals surface area contributed by atoms with Crippen LogP contribution in [0.2, 0.25) is 0 Å². The molecule has 0 amide bonds. The van der Waals surface area contributed by atoms with Crippen LogP contribution in [0.5, 0.6) is 0 Å². The molecule has 0 radical (unpaired) electrons. The van der Waals surface area contributed by atoms with E-state index in [9.17, 15) is 0 Å². The van der Waals surface area contributed by atoms with Gasteiger partial charge < -0.3 is 9.13 Å². The predicted molar refractivity (Wildman–Crippen MR) is 302 cm³/mol. The lowest BCUT2D eigenvalue weighted by Gasteiger charge is -2.35. The Morgan fingerprint density at radius 2 is 0.586 bits per heavy atom. The number of para-hydroxylation sites is 2. The van der Waals surface area contributed by atoms with Crippen molar-refractivity contribution >= 4 is 101 Å². The maximum atomic E-state index is 2.58. The van der Waals surface area contributed by atoms with Crippen molar-refractivity contribution in [3.05, 3.63) is 291 Å². The van der Waals surface area contributed by atoms with E-state index in [-0.39, 0.29) is 0 Å². The van der Waals surface area contributed by atoms with Crippen molar-refractivity contribution in [2.24, 2.45) is 0 Å². The van der Waals surface area contributed by atoms with Gasteiger partial charge in [0.15, 0.2) is 16.1 Å². The van der Waals surface area contributed by atoms with Crippen molar-refractivity contribution in [2.45, 2.75) is 0 Å². The lowest BCUT2D eigenvalue weighted by Crippen LogP contribution is -2.74. The Morgan fingerprint density at radius 1 is 0.214 bits per heavy atom. The van der Waals surface area contributed by atoms with E-state index in [1.165, 1.54) is 85.1 Å². The molecule has 0 aliphatic heterocycles. The van der Waals surface area contributed by atoms with Crippen LogP contribution in [0.3, 0.4) is 0 Å².